The number of aryl methyl sites for hydroxylation is 2. The number of benzene rings is 1. The highest BCUT2D eigenvalue weighted by atomic mass is 35.5. The van der Waals surface area contributed by atoms with Gasteiger partial charge in [-0.1, -0.05) is 26.0 Å². The van der Waals surface area contributed by atoms with Crippen LogP contribution in [0.4, 0.5) is 11.6 Å². The van der Waals surface area contributed by atoms with Crippen LogP contribution in [0, 0.1) is 0 Å². The first-order chi connectivity index (χ1) is 9.26. The lowest BCUT2D eigenvalue weighted by atomic mass is 10.2. The Morgan fingerprint density at radius 2 is 1.68 bits per heavy atom. The van der Waals surface area contributed by atoms with E-state index < -0.39 is 0 Å². The third-order valence-corrected chi connectivity index (χ3v) is 3.18. The smallest absolute Gasteiger partial charge is 0.247 e. The van der Waals surface area contributed by atoms with Gasteiger partial charge in [-0.25, -0.2) is 4.98 Å². The second-order valence-electron chi connectivity index (χ2n) is 4.19. The van der Waals surface area contributed by atoms with Crippen molar-refractivity contribution in [2.24, 2.45) is 0 Å². The standard InChI is InChI=1S/C14H17ClN4/c1-3-12-13(4-2)18-19-14(17-12)16-11-7-5-10(9-15)6-8-11/h5-8H,3-4,9H2,1-2H3,(H,16,17,19). The molecule has 0 aliphatic carbocycles. The van der Waals surface area contributed by atoms with Gasteiger partial charge in [0.2, 0.25) is 5.95 Å². The molecule has 0 bridgehead atoms. The fourth-order valence-electron chi connectivity index (χ4n) is 1.80. The summed E-state index contributed by atoms with van der Waals surface area (Å²) in [6.07, 6.45) is 1.71. The van der Waals surface area contributed by atoms with Crippen LogP contribution in [-0.4, -0.2) is 15.2 Å². The summed E-state index contributed by atoms with van der Waals surface area (Å²) in [4.78, 5) is 4.49. The molecule has 0 spiro atoms. The number of nitrogens with zero attached hydrogens (tertiary/aromatic N) is 3. The van der Waals surface area contributed by atoms with E-state index in [-0.39, 0.29) is 0 Å². The van der Waals surface area contributed by atoms with Crippen molar-refractivity contribution in [1.82, 2.24) is 15.2 Å². The minimum Gasteiger partial charge on any atom is -0.323 e. The van der Waals surface area contributed by atoms with Crippen LogP contribution in [0.1, 0.15) is 30.8 Å². The normalized spacial score (nSPS) is 10.5. The monoisotopic (exact) mass is 276 g/mol. The summed E-state index contributed by atoms with van der Waals surface area (Å²) in [5.74, 6) is 1.05. The first-order valence-corrected chi connectivity index (χ1v) is 6.94. The van der Waals surface area contributed by atoms with Gasteiger partial charge in [0.1, 0.15) is 0 Å². The molecule has 0 radical (unpaired) electrons. The number of rotatable bonds is 5. The fourth-order valence-corrected chi connectivity index (χ4v) is 1.98. The van der Waals surface area contributed by atoms with Gasteiger partial charge in [-0.15, -0.1) is 21.8 Å². The van der Waals surface area contributed by atoms with Crippen molar-refractivity contribution < 1.29 is 0 Å². The predicted molar refractivity (Wildman–Crippen MR) is 77.9 cm³/mol. The number of halogens is 1. The average Bonchev–Trinajstić information content (AvgIpc) is 2.48. The first kappa shape index (κ1) is 13.7. The number of nitrogens with one attached hydrogen (secondary N) is 1. The van der Waals surface area contributed by atoms with Crippen molar-refractivity contribution in [3.8, 4) is 0 Å². The molecule has 0 unspecified atom stereocenters. The summed E-state index contributed by atoms with van der Waals surface area (Å²) >= 11 is 5.76. The second kappa shape index (κ2) is 6.48. The Hall–Kier alpha value is -1.68. The lowest BCUT2D eigenvalue weighted by molar-refractivity contribution is 0.829. The summed E-state index contributed by atoms with van der Waals surface area (Å²) < 4.78 is 0. The fraction of sp³-hybridized carbons (Fsp3) is 0.357. The van der Waals surface area contributed by atoms with E-state index in [4.69, 9.17) is 11.6 Å². The summed E-state index contributed by atoms with van der Waals surface area (Å²) in [5, 5.41) is 11.5. The number of alkyl halides is 1. The van der Waals surface area contributed by atoms with Crippen molar-refractivity contribution >= 4 is 23.2 Å². The van der Waals surface area contributed by atoms with Crippen LogP contribution in [-0.2, 0) is 18.7 Å². The van der Waals surface area contributed by atoms with Crippen molar-refractivity contribution in [1.29, 1.82) is 0 Å². The minimum atomic E-state index is 0.517. The number of hydrogen-bond acceptors (Lipinski definition) is 4. The van der Waals surface area contributed by atoms with Crippen LogP contribution in [0.2, 0.25) is 0 Å². The zero-order chi connectivity index (χ0) is 13.7. The Bertz CT molecular complexity index is 540. The number of hydrogen-bond donors (Lipinski definition) is 1. The quantitative estimate of drug-likeness (QED) is 0.850. The SMILES string of the molecule is CCc1nnc(Nc2ccc(CCl)cc2)nc1CC. The molecule has 4 nitrogen and oxygen atoms in total. The van der Waals surface area contributed by atoms with Crippen LogP contribution in [0.5, 0.6) is 0 Å². The molecule has 1 N–H and O–H groups in total. The van der Waals surface area contributed by atoms with Crippen LogP contribution in [0.3, 0.4) is 0 Å². The largest absolute Gasteiger partial charge is 0.323 e. The van der Waals surface area contributed by atoms with E-state index in [9.17, 15) is 0 Å². The Morgan fingerprint density at radius 1 is 1.00 bits per heavy atom. The zero-order valence-corrected chi connectivity index (χ0v) is 11.9. The molecule has 100 valence electrons. The van der Waals surface area contributed by atoms with Gasteiger partial charge in [0.25, 0.3) is 0 Å². The van der Waals surface area contributed by atoms with Gasteiger partial charge in [0.15, 0.2) is 0 Å². The van der Waals surface area contributed by atoms with Crippen LogP contribution >= 0.6 is 11.6 Å². The minimum absolute atomic E-state index is 0.517. The molecular weight excluding hydrogens is 260 g/mol. The van der Waals surface area contributed by atoms with E-state index in [2.05, 4.69) is 34.3 Å². The van der Waals surface area contributed by atoms with Crippen LogP contribution < -0.4 is 5.32 Å². The summed E-state index contributed by atoms with van der Waals surface area (Å²) in [5.41, 5.74) is 3.98. The average molecular weight is 277 g/mol. The zero-order valence-electron chi connectivity index (χ0n) is 11.2. The van der Waals surface area contributed by atoms with Crippen molar-refractivity contribution in [2.75, 3.05) is 5.32 Å². The van der Waals surface area contributed by atoms with E-state index >= 15 is 0 Å². The van der Waals surface area contributed by atoms with E-state index in [1.807, 2.05) is 24.3 Å². The molecule has 1 aromatic heterocycles. The van der Waals surface area contributed by atoms with Gasteiger partial charge < -0.3 is 5.32 Å². The number of anilines is 2. The highest BCUT2D eigenvalue weighted by Crippen LogP contribution is 2.15. The van der Waals surface area contributed by atoms with Crippen molar-refractivity contribution in [3.05, 3.63) is 41.2 Å². The van der Waals surface area contributed by atoms with E-state index in [0.717, 1.165) is 35.5 Å². The van der Waals surface area contributed by atoms with Gasteiger partial charge in [0, 0.05) is 11.6 Å². The number of aromatic nitrogens is 3. The lowest BCUT2D eigenvalue weighted by Crippen LogP contribution is -2.06. The molecule has 0 aliphatic rings. The lowest BCUT2D eigenvalue weighted by Gasteiger charge is -2.08. The molecule has 5 heteroatoms. The molecule has 0 saturated carbocycles. The molecule has 2 aromatic rings. The molecule has 0 aliphatic heterocycles. The summed E-state index contributed by atoms with van der Waals surface area (Å²) in [6.45, 7) is 4.13. The van der Waals surface area contributed by atoms with Crippen LogP contribution in [0.25, 0.3) is 0 Å². The highest BCUT2D eigenvalue weighted by molar-refractivity contribution is 6.17. The van der Waals surface area contributed by atoms with Gasteiger partial charge in [-0.2, -0.15) is 0 Å². The third-order valence-electron chi connectivity index (χ3n) is 2.87. The van der Waals surface area contributed by atoms with Crippen LogP contribution in [0.15, 0.2) is 24.3 Å². The Labute approximate surface area is 118 Å². The molecule has 1 aromatic carbocycles. The first-order valence-electron chi connectivity index (χ1n) is 6.41. The molecule has 0 saturated heterocycles. The Balaban J connectivity index is 2.18. The van der Waals surface area contributed by atoms with Gasteiger partial charge in [-0.3, -0.25) is 0 Å². The molecule has 2 rings (SSSR count). The molecule has 0 fully saturated rings. The van der Waals surface area contributed by atoms with Crippen molar-refractivity contribution in [3.63, 3.8) is 0 Å². The maximum absolute atomic E-state index is 5.76. The third kappa shape index (κ3) is 3.41. The molecule has 0 amide bonds. The second-order valence-corrected chi connectivity index (χ2v) is 4.46. The van der Waals surface area contributed by atoms with Crippen molar-refractivity contribution in [2.45, 2.75) is 32.6 Å². The summed E-state index contributed by atoms with van der Waals surface area (Å²) in [7, 11) is 0. The van der Waals surface area contributed by atoms with Gasteiger partial charge in [-0.05, 0) is 30.5 Å². The van der Waals surface area contributed by atoms with Gasteiger partial charge >= 0.3 is 0 Å². The maximum atomic E-state index is 5.76. The highest BCUT2D eigenvalue weighted by Gasteiger charge is 2.06. The maximum Gasteiger partial charge on any atom is 0.247 e. The van der Waals surface area contributed by atoms with E-state index in [1.165, 1.54) is 0 Å². The molecular formula is C14H17ClN4. The van der Waals surface area contributed by atoms with E-state index in [1.54, 1.807) is 0 Å². The molecule has 19 heavy (non-hydrogen) atoms. The Kier molecular flexibility index (Phi) is 4.68. The molecule has 0 atom stereocenters. The summed E-state index contributed by atoms with van der Waals surface area (Å²) in [6, 6.07) is 7.87. The predicted octanol–water partition coefficient (Wildman–Crippen LogP) is 3.48. The molecule has 1 heterocycles. The topological polar surface area (TPSA) is 50.7 Å². The van der Waals surface area contributed by atoms with E-state index in [0.29, 0.717) is 11.8 Å². The Morgan fingerprint density at radius 3 is 2.26 bits per heavy atom. The van der Waals surface area contributed by atoms with Gasteiger partial charge in [0.05, 0.1) is 11.4 Å².